The number of rotatable bonds is 6. The Bertz CT molecular complexity index is 1370. The lowest BCUT2D eigenvalue weighted by Crippen LogP contribution is -2.50. The number of hydrogen-bond donors (Lipinski definition) is 2. The number of carbonyl (C=O) groups is 2. The largest absolute Gasteiger partial charge is 0.481 e. The van der Waals surface area contributed by atoms with E-state index in [2.05, 4.69) is 25.5 Å². The molecule has 200 valence electrons. The molecule has 2 N–H and O–H groups in total. The number of aromatic amines is 1. The van der Waals surface area contributed by atoms with Gasteiger partial charge in [0.2, 0.25) is 11.8 Å². The summed E-state index contributed by atoms with van der Waals surface area (Å²) in [6.45, 7) is 0.00431. The van der Waals surface area contributed by atoms with Crippen LogP contribution in [0.15, 0.2) is 36.8 Å². The quantitative estimate of drug-likeness (QED) is 0.468. The molecule has 1 aliphatic carbocycles. The lowest BCUT2D eigenvalue weighted by atomic mass is 9.88. The van der Waals surface area contributed by atoms with Crippen molar-refractivity contribution in [3.05, 3.63) is 59.4 Å². The Balaban J connectivity index is 1.24. The fraction of sp³-hybridized carbons (Fsp3) is 0.400. The van der Waals surface area contributed by atoms with Gasteiger partial charge in [0.25, 0.3) is 5.91 Å². The van der Waals surface area contributed by atoms with Gasteiger partial charge in [-0.25, -0.2) is 9.37 Å². The van der Waals surface area contributed by atoms with Crippen molar-refractivity contribution in [2.75, 3.05) is 13.7 Å². The number of halogens is 4. The minimum atomic E-state index is -4.55. The smallest absolute Gasteiger partial charge is 0.416 e. The standard InChI is InChI=1S/C25H24F4N6O3/c1-38-21-8-16(18(26)13-31-21)19-9-20(34-33-19)23(37)35-7-3-14(10-24(35)4-5-24)22(36)32-12-15-11-30-6-2-17(15)25(27,28)29/h2,6,8-9,11,13-14H,3-5,7,10,12H2,1H3,(H,32,36)(H,33,34)/t14-/m0/s1. The van der Waals surface area contributed by atoms with Crippen LogP contribution in [0.1, 0.15) is 47.3 Å². The molecule has 0 aromatic carbocycles. The molecular weight excluding hydrogens is 508 g/mol. The van der Waals surface area contributed by atoms with E-state index in [1.54, 1.807) is 4.90 Å². The second kappa shape index (κ2) is 9.69. The van der Waals surface area contributed by atoms with Crippen molar-refractivity contribution in [3.63, 3.8) is 0 Å². The van der Waals surface area contributed by atoms with Gasteiger partial charge < -0.3 is 15.0 Å². The van der Waals surface area contributed by atoms with Crippen LogP contribution in [0.3, 0.4) is 0 Å². The zero-order valence-corrected chi connectivity index (χ0v) is 20.3. The molecule has 2 aliphatic rings. The van der Waals surface area contributed by atoms with Gasteiger partial charge in [0.15, 0.2) is 5.82 Å². The summed E-state index contributed by atoms with van der Waals surface area (Å²) in [6.07, 6.45) is 0.799. The molecule has 38 heavy (non-hydrogen) atoms. The van der Waals surface area contributed by atoms with Crippen molar-refractivity contribution >= 4 is 11.8 Å². The molecule has 1 saturated heterocycles. The first kappa shape index (κ1) is 25.6. The van der Waals surface area contributed by atoms with Gasteiger partial charge in [0.1, 0.15) is 5.69 Å². The van der Waals surface area contributed by atoms with E-state index in [9.17, 15) is 27.2 Å². The zero-order chi connectivity index (χ0) is 27.1. The van der Waals surface area contributed by atoms with Gasteiger partial charge in [-0.1, -0.05) is 0 Å². The number of pyridine rings is 2. The average Bonchev–Trinajstić information content (AvgIpc) is 3.48. The summed E-state index contributed by atoms with van der Waals surface area (Å²) < 4.78 is 59.0. The van der Waals surface area contributed by atoms with Crippen LogP contribution >= 0.6 is 0 Å². The molecule has 5 rings (SSSR count). The van der Waals surface area contributed by atoms with E-state index < -0.39 is 29.0 Å². The molecule has 0 bridgehead atoms. The highest BCUT2D eigenvalue weighted by molar-refractivity contribution is 5.94. The summed E-state index contributed by atoms with van der Waals surface area (Å²) in [5, 5.41) is 9.37. The van der Waals surface area contributed by atoms with Crippen LogP contribution in [0.2, 0.25) is 0 Å². The van der Waals surface area contributed by atoms with Crippen molar-refractivity contribution < 1.29 is 31.9 Å². The highest BCUT2D eigenvalue weighted by atomic mass is 19.4. The summed E-state index contributed by atoms with van der Waals surface area (Å²) >= 11 is 0. The molecule has 3 aromatic heterocycles. The molecular formula is C25H24F4N6O3. The predicted octanol–water partition coefficient (Wildman–Crippen LogP) is 3.73. The van der Waals surface area contributed by atoms with Gasteiger partial charge in [-0.15, -0.1) is 0 Å². The topological polar surface area (TPSA) is 113 Å². The predicted molar refractivity (Wildman–Crippen MR) is 125 cm³/mol. The highest BCUT2D eigenvalue weighted by Crippen LogP contribution is 2.50. The maximum Gasteiger partial charge on any atom is 0.416 e. The summed E-state index contributed by atoms with van der Waals surface area (Å²) in [4.78, 5) is 35.4. The monoisotopic (exact) mass is 532 g/mol. The van der Waals surface area contributed by atoms with Gasteiger partial charge in [0.05, 0.1) is 24.6 Å². The number of nitrogens with zero attached hydrogens (tertiary/aromatic N) is 4. The molecule has 4 heterocycles. The van der Waals surface area contributed by atoms with Crippen molar-refractivity contribution in [3.8, 4) is 17.1 Å². The Kier molecular flexibility index (Phi) is 6.53. The number of hydrogen-bond acceptors (Lipinski definition) is 6. The van der Waals surface area contributed by atoms with Crippen molar-refractivity contribution in [1.29, 1.82) is 0 Å². The van der Waals surface area contributed by atoms with Crippen molar-refractivity contribution in [2.24, 2.45) is 5.92 Å². The molecule has 9 nitrogen and oxygen atoms in total. The van der Waals surface area contributed by atoms with Crippen LogP contribution in [0.5, 0.6) is 5.88 Å². The number of nitrogens with one attached hydrogen (secondary N) is 2. The fourth-order valence-corrected chi connectivity index (χ4v) is 4.97. The molecule has 1 aliphatic heterocycles. The van der Waals surface area contributed by atoms with Crippen molar-refractivity contribution in [1.82, 2.24) is 30.4 Å². The van der Waals surface area contributed by atoms with Gasteiger partial charge in [-0.2, -0.15) is 18.3 Å². The summed E-state index contributed by atoms with van der Waals surface area (Å²) in [5.41, 5.74) is -0.915. The van der Waals surface area contributed by atoms with Crippen LogP contribution in [0, 0.1) is 11.7 Å². The van der Waals surface area contributed by atoms with Crippen LogP contribution in [-0.2, 0) is 17.5 Å². The first-order valence-corrected chi connectivity index (χ1v) is 12.0. The number of amides is 2. The molecule has 2 fully saturated rings. The third kappa shape index (κ3) is 4.92. The normalized spacial score (nSPS) is 18.3. The highest BCUT2D eigenvalue weighted by Gasteiger charge is 2.54. The third-order valence-electron chi connectivity index (χ3n) is 7.13. The summed E-state index contributed by atoms with van der Waals surface area (Å²) in [6, 6.07) is 3.72. The number of H-pyrrole nitrogens is 1. The van der Waals surface area contributed by atoms with Gasteiger partial charge in [0, 0.05) is 54.1 Å². The molecule has 1 spiro atoms. The Morgan fingerprint density at radius 2 is 2.05 bits per heavy atom. The minimum Gasteiger partial charge on any atom is -0.481 e. The SMILES string of the molecule is COc1cc(-c2cc(C(=O)N3CC[C@H](C(=O)NCc4cnccc4C(F)(F)F)CC34CC4)[nH]n2)c(F)cn1. The summed E-state index contributed by atoms with van der Waals surface area (Å²) in [7, 11) is 1.40. The van der Waals surface area contributed by atoms with Crippen LogP contribution in [-0.4, -0.2) is 56.1 Å². The maximum atomic E-state index is 14.3. The fourth-order valence-electron chi connectivity index (χ4n) is 4.97. The lowest BCUT2D eigenvalue weighted by molar-refractivity contribution is -0.138. The maximum absolute atomic E-state index is 14.3. The van der Waals surface area contributed by atoms with Crippen LogP contribution in [0.25, 0.3) is 11.3 Å². The lowest BCUT2D eigenvalue weighted by Gasteiger charge is -2.39. The molecule has 1 saturated carbocycles. The third-order valence-corrected chi connectivity index (χ3v) is 7.13. The Hall–Kier alpha value is -4.03. The molecule has 13 heteroatoms. The number of likely N-dealkylation sites (tertiary alicyclic amines) is 1. The minimum absolute atomic E-state index is 0.111. The first-order valence-electron chi connectivity index (χ1n) is 12.0. The number of piperidine rings is 1. The van der Waals surface area contributed by atoms with E-state index in [0.29, 0.717) is 32.2 Å². The first-order chi connectivity index (χ1) is 18.1. The van der Waals surface area contributed by atoms with Gasteiger partial charge in [-0.05, 0) is 37.8 Å². The number of aromatic nitrogens is 4. The summed E-state index contributed by atoms with van der Waals surface area (Å²) in [5.74, 6) is -1.52. The van der Waals surface area contributed by atoms with E-state index in [1.807, 2.05) is 0 Å². The molecule has 0 radical (unpaired) electrons. The Morgan fingerprint density at radius 3 is 2.76 bits per heavy atom. The number of methoxy groups -OCH3 is 1. The second-order valence-electron chi connectivity index (χ2n) is 9.49. The van der Waals surface area contributed by atoms with Crippen molar-refractivity contribution in [2.45, 2.75) is 43.9 Å². The Labute approximate surface area is 214 Å². The van der Waals surface area contributed by atoms with E-state index >= 15 is 0 Å². The molecule has 1 atom stereocenters. The molecule has 3 aromatic rings. The van der Waals surface area contributed by atoms with E-state index in [4.69, 9.17) is 4.74 Å². The number of alkyl halides is 3. The Morgan fingerprint density at radius 1 is 1.26 bits per heavy atom. The molecule has 2 amide bonds. The second-order valence-corrected chi connectivity index (χ2v) is 9.49. The van der Waals surface area contributed by atoms with Gasteiger partial charge >= 0.3 is 6.18 Å². The van der Waals surface area contributed by atoms with Gasteiger partial charge in [-0.3, -0.25) is 19.7 Å². The van der Waals surface area contributed by atoms with E-state index in [-0.39, 0.29) is 46.8 Å². The average molecular weight is 532 g/mol. The molecule has 0 unspecified atom stereocenters. The number of ether oxygens (including phenoxy) is 1. The van der Waals surface area contributed by atoms with Crippen LogP contribution < -0.4 is 10.1 Å². The van der Waals surface area contributed by atoms with E-state index in [1.165, 1.54) is 19.2 Å². The van der Waals surface area contributed by atoms with Crippen LogP contribution in [0.4, 0.5) is 17.6 Å². The zero-order valence-electron chi connectivity index (χ0n) is 20.3. The number of carbonyl (C=O) groups excluding carboxylic acids is 2. The van der Waals surface area contributed by atoms with E-state index in [0.717, 1.165) is 24.7 Å².